The third-order valence-electron chi connectivity index (χ3n) is 5.80. The number of alkyl halides is 3. The zero-order valence-electron chi connectivity index (χ0n) is 18.2. The van der Waals surface area contributed by atoms with Crippen molar-refractivity contribution in [2.24, 2.45) is 0 Å². The summed E-state index contributed by atoms with van der Waals surface area (Å²) in [6, 6.07) is 6.12. The highest BCUT2D eigenvalue weighted by atomic mass is 32.1. The lowest BCUT2D eigenvalue weighted by atomic mass is 10.0. The molecule has 0 saturated carbocycles. The van der Waals surface area contributed by atoms with E-state index in [2.05, 4.69) is 30.2 Å². The Hall–Kier alpha value is -3.47. The lowest BCUT2D eigenvalue weighted by molar-refractivity contribution is -0.140. The van der Waals surface area contributed by atoms with Gasteiger partial charge in [0.2, 0.25) is 11.8 Å². The fourth-order valence-corrected chi connectivity index (χ4v) is 4.69. The summed E-state index contributed by atoms with van der Waals surface area (Å²) in [5, 5.41) is 7.74. The minimum atomic E-state index is -4.52. The van der Waals surface area contributed by atoms with Crippen molar-refractivity contribution in [2.75, 3.05) is 30.4 Å². The molecule has 0 radical (unpaired) electrons. The minimum Gasteiger partial charge on any atom is -0.481 e. The second-order valence-electron chi connectivity index (χ2n) is 7.93. The first kappa shape index (κ1) is 22.3. The monoisotopic (exact) mass is 486 g/mol. The second-order valence-corrected chi connectivity index (χ2v) is 8.71. The summed E-state index contributed by atoms with van der Waals surface area (Å²) in [5.74, 6) is 1.66. The van der Waals surface area contributed by atoms with E-state index in [1.54, 1.807) is 25.6 Å². The van der Waals surface area contributed by atoms with Gasteiger partial charge >= 0.3 is 6.18 Å². The van der Waals surface area contributed by atoms with Crippen LogP contribution in [-0.4, -0.2) is 46.2 Å². The number of halogens is 3. The zero-order valence-corrected chi connectivity index (χ0v) is 19.0. The van der Waals surface area contributed by atoms with Crippen molar-refractivity contribution >= 4 is 34.0 Å². The molecular weight excluding hydrogens is 465 g/mol. The summed E-state index contributed by atoms with van der Waals surface area (Å²) in [6.45, 7) is 1.46. The number of methoxy groups -OCH3 is 1. The summed E-state index contributed by atoms with van der Waals surface area (Å²) in [6.07, 6.45) is 0.331. The Morgan fingerprint density at radius 1 is 1.09 bits per heavy atom. The van der Waals surface area contributed by atoms with Crippen LogP contribution in [0.2, 0.25) is 0 Å². The molecule has 0 aliphatic carbocycles. The Balaban J connectivity index is 1.39. The van der Waals surface area contributed by atoms with Gasteiger partial charge in [-0.3, -0.25) is 0 Å². The third kappa shape index (κ3) is 4.47. The van der Waals surface area contributed by atoms with E-state index in [4.69, 9.17) is 4.74 Å². The maximum atomic E-state index is 13.4. The molecule has 0 bridgehead atoms. The van der Waals surface area contributed by atoms with Gasteiger partial charge < -0.3 is 15.0 Å². The molecule has 4 aromatic rings. The van der Waals surface area contributed by atoms with E-state index < -0.39 is 11.9 Å². The average Bonchev–Trinajstić information content (AvgIpc) is 3.38. The number of pyridine rings is 2. The standard InChI is InChI=1S/C23H21F3N6OS/c1-33-19-4-8-27-22(31-19)32-9-5-15(6-10-32)29-21-16-2-3-18(23(24,25)26)30-20(16)17(12-28-21)14-7-11-34-13-14/h2-4,7-8,11-13,15H,5-6,9-10H2,1H3,(H,28,29). The third-order valence-corrected chi connectivity index (χ3v) is 6.48. The number of piperidine rings is 1. The van der Waals surface area contributed by atoms with E-state index in [1.807, 2.05) is 16.8 Å². The second kappa shape index (κ2) is 9.05. The molecular formula is C23H21F3N6OS. The molecule has 1 aliphatic rings. The van der Waals surface area contributed by atoms with Crippen LogP contribution in [-0.2, 0) is 6.18 Å². The number of thiophene rings is 1. The molecule has 1 N–H and O–H groups in total. The summed E-state index contributed by atoms with van der Waals surface area (Å²) >= 11 is 1.47. The summed E-state index contributed by atoms with van der Waals surface area (Å²) in [5.41, 5.74) is 0.749. The van der Waals surface area contributed by atoms with Crippen molar-refractivity contribution in [3.05, 3.63) is 53.1 Å². The minimum absolute atomic E-state index is 0.104. The van der Waals surface area contributed by atoms with Gasteiger partial charge in [0.1, 0.15) is 11.5 Å². The van der Waals surface area contributed by atoms with Crippen LogP contribution in [0.3, 0.4) is 0 Å². The number of aromatic nitrogens is 4. The topological polar surface area (TPSA) is 76.1 Å². The molecule has 0 amide bonds. The van der Waals surface area contributed by atoms with Gasteiger partial charge in [-0.15, -0.1) is 0 Å². The van der Waals surface area contributed by atoms with Crippen molar-refractivity contribution in [1.82, 2.24) is 19.9 Å². The van der Waals surface area contributed by atoms with E-state index in [0.29, 0.717) is 28.6 Å². The van der Waals surface area contributed by atoms with Gasteiger partial charge in [0.05, 0.1) is 12.6 Å². The summed E-state index contributed by atoms with van der Waals surface area (Å²) in [7, 11) is 1.57. The molecule has 1 aliphatic heterocycles. The van der Waals surface area contributed by atoms with Crippen LogP contribution in [0, 0.1) is 0 Å². The van der Waals surface area contributed by atoms with Crippen LogP contribution in [0.5, 0.6) is 5.88 Å². The number of rotatable bonds is 5. The van der Waals surface area contributed by atoms with Crippen LogP contribution in [0.25, 0.3) is 22.0 Å². The van der Waals surface area contributed by atoms with Crippen molar-refractivity contribution in [3.63, 3.8) is 0 Å². The first-order chi connectivity index (χ1) is 16.4. The molecule has 0 aromatic carbocycles. The molecule has 5 rings (SSSR count). The number of ether oxygens (including phenoxy) is 1. The van der Waals surface area contributed by atoms with E-state index in [0.717, 1.165) is 37.6 Å². The number of anilines is 2. The molecule has 11 heteroatoms. The highest BCUT2D eigenvalue weighted by Gasteiger charge is 2.33. The van der Waals surface area contributed by atoms with Gasteiger partial charge in [-0.2, -0.15) is 29.5 Å². The van der Waals surface area contributed by atoms with Crippen LogP contribution in [0.15, 0.2) is 47.4 Å². The number of hydrogen-bond acceptors (Lipinski definition) is 8. The highest BCUT2D eigenvalue weighted by Crippen LogP contribution is 2.36. The lowest BCUT2D eigenvalue weighted by Crippen LogP contribution is -2.40. The molecule has 1 saturated heterocycles. The molecule has 5 heterocycles. The predicted octanol–water partition coefficient (Wildman–Crippen LogP) is 5.26. The molecule has 0 atom stereocenters. The summed E-state index contributed by atoms with van der Waals surface area (Å²) in [4.78, 5) is 19.4. The molecule has 0 spiro atoms. The molecule has 0 unspecified atom stereocenters. The Kier molecular flexibility index (Phi) is 5.94. The SMILES string of the molecule is COc1ccnc(N2CCC(Nc3ncc(-c4ccsc4)c4nc(C(F)(F)F)ccc34)CC2)n1. The van der Waals surface area contributed by atoms with Gasteiger partial charge in [-0.1, -0.05) is 0 Å². The fraction of sp³-hybridized carbons (Fsp3) is 0.304. The van der Waals surface area contributed by atoms with Crippen LogP contribution < -0.4 is 15.0 Å². The van der Waals surface area contributed by atoms with Crippen molar-refractivity contribution < 1.29 is 17.9 Å². The largest absolute Gasteiger partial charge is 0.481 e. The maximum absolute atomic E-state index is 13.4. The van der Waals surface area contributed by atoms with Crippen LogP contribution in [0.1, 0.15) is 18.5 Å². The first-order valence-electron chi connectivity index (χ1n) is 10.7. The van der Waals surface area contributed by atoms with E-state index in [9.17, 15) is 13.2 Å². The van der Waals surface area contributed by atoms with Crippen LogP contribution >= 0.6 is 11.3 Å². The normalized spacial score (nSPS) is 15.0. The van der Waals surface area contributed by atoms with Crippen molar-refractivity contribution in [3.8, 4) is 17.0 Å². The lowest BCUT2D eigenvalue weighted by Gasteiger charge is -2.32. The Labute approximate surface area is 197 Å². The van der Waals surface area contributed by atoms with Crippen molar-refractivity contribution in [2.45, 2.75) is 25.1 Å². The number of nitrogens with one attached hydrogen (secondary N) is 1. The quantitative estimate of drug-likeness (QED) is 0.413. The Morgan fingerprint density at radius 2 is 1.91 bits per heavy atom. The van der Waals surface area contributed by atoms with E-state index in [1.165, 1.54) is 17.4 Å². The Morgan fingerprint density at radius 3 is 2.62 bits per heavy atom. The maximum Gasteiger partial charge on any atom is 0.433 e. The molecule has 7 nitrogen and oxygen atoms in total. The number of hydrogen-bond donors (Lipinski definition) is 1. The first-order valence-corrected chi connectivity index (χ1v) is 11.6. The number of nitrogens with zero attached hydrogens (tertiary/aromatic N) is 5. The molecule has 4 aromatic heterocycles. The molecule has 1 fully saturated rings. The van der Waals surface area contributed by atoms with E-state index in [-0.39, 0.29) is 11.6 Å². The van der Waals surface area contributed by atoms with Gasteiger partial charge in [-0.25, -0.2) is 15.0 Å². The zero-order chi connectivity index (χ0) is 23.7. The Bertz CT molecular complexity index is 1290. The summed E-state index contributed by atoms with van der Waals surface area (Å²) < 4.78 is 45.3. The van der Waals surface area contributed by atoms with Gasteiger partial charge in [0, 0.05) is 48.5 Å². The van der Waals surface area contributed by atoms with Gasteiger partial charge in [-0.05, 0) is 47.4 Å². The van der Waals surface area contributed by atoms with Crippen molar-refractivity contribution in [1.29, 1.82) is 0 Å². The van der Waals surface area contributed by atoms with Gasteiger partial charge in [0.25, 0.3) is 0 Å². The highest BCUT2D eigenvalue weighted by molar-refractivity contribution is 7.08. The van der Waals surface area contributed by atoms with Gasteiger partial charge in [0.15, 0.2) is 0 Å². The smallest absolute Gasteiger partial charge is 0.433 e. The molecule has 34 heavy (non-hydrogen) atoms. The van der Waals surface area contributed by atoms with E-state index >= 15 is 0 Å². The van der Waals surface area contributed by atoms with Crippen LogP contribution in [0.4, 0.5) is 24.9 Å². The molecule has 176 valence electrons. The average molecular weight is 487 g/mol. The number of fused-ring (bicyclic) bond motifs is 1. The predicted molar refractivity (Wildman–Crippen MR) is 125 cm³/mol. The fourth-order valence-electron chi connectivity index (χ4n) is 4.03.